The second-order valence-corrected chi connectivity index (χ2v) is 8.39. The van der Waals surface area contributed by atoms with Gasteiger partial charge in [-0.3, -0.25) is 4.79 Å². The van der Waals surface area contributed by atoms with Gasteiger partial charge in [-0.15, -0.1) is 0 Å². The van der Waals surface area contributed by atoms with E-state index < -0.39 is 10.1 Å². The average molecular weight is 417 g/mol. The molecule has 29 heavy (non-hydrogen) atoms. The molecule has 0 radical (unpaired) electrons. The molecule has 0 aliphatic carbocycles. The standard InChI is InChI=1S/C22H28N2O4S/c1-3-4-5-6-7-12-22(25)24-23-17-19-10-8-9-11-21(19)28-29(26,27)20-15-13-18(2)14-16-20/h8-11,13-17H,3-7,12H2,1-2H3,(H,24,25)/b23-17-. The van der Waals surface area contributed by atoms with Crippen LogP contribution in [0.1, 0.15) is 56.6 Å². The van der Waals surface area contributed by atoms with E-state index in [2.05, 4.69) is 17.5 Å². The van der Waals surface area contributed by atoms with Gasteiger partial charge in [0, 0.05) is 12.0 Å². The smallest absolute Gasteiger partial charge is 0.339 e. The molecule has 0 fully saturated rings. The molecule has 6 nitrogen and oxygen atoms in total. The fraction of sp³-hybridized carbons (Fsp3) is 0.364. The second kappa shape index (κ2) is 11.4. The highest BCUT2D eigenvalue weighted by molar-refractivity contribution is 7.87. The lowest BCUT2D eigenvalue weighted by molar-refractivity contribution is -0.121. The molecule has 1 amide bonds. The van der Waals surface area contributed by atoms with Crippen molar-refractivity contribution in [2.75, 3.05) is 0 Å². The van der Waals surface area contributed by atoms with Gasteiger partial charge in [0.15, 0.2) is 5.75 Å². The predicted molar refractivity (Wildman–Crippen MR) is 115 cm³/mol. The van der Waals surface area contributed by atoms with Gasteiger partial charge in [-0.2, -0.15) is 13.5 Å². The van der Waals surface area contributed by atoms with Crippen LogP contribution >= 0.6 is 0 Å². The molecule has 156 valence electrons. The maximum Gasteiger partial charge on any atom is 0.339 e. The third-order valence-corrected chi connectivity index (χ3v) is 5.58. The Balaban J connectivity index is 1.97. The molecule has 2 rings (SSSR count). The van der Waals surface area contributed by atoms with Gasteiger partial charge in [-0.05, 0) is 37.6 Å². The number of amides is 1. The van der Waals surface area contributed by atoms with E-state index in [4.69, 9.17) is 4.18 Å². The average Bonchev–Trinajstić information content (AvgIpc) is 2.69. The van der Waals surface area contributed by atoms with Gasteiger partial charge in [0.2, 0.25) is 5.91 Å². The molecule has 1 N–H and O–H groups in total. The number of hydrazone groups is 1. The summed E-state index contributed by atoms with van der Waals surface area (Å²) >= 11 is 0. The van der Waals surface area contributed by atoms with Gasteiger partial charge in [-0.1, -0.05) is 62.4 Å². The molecular weight excluding hydrogens is 388 g/mol. The number of benzene rings is 2. The molecule has 0 saturated carbocycles. The molecule has 0 heterocycles. The first-order valence-electron chi connectivity index (χ1n) is 9.84. The predicted octanol–water partition coefficient (Wildman–Crippen LogP) is 4.57. The summed E-state index contributed by atoms with van der Waals surface area (Å²) in [6.07, 6.45) is 7.14. The second-order valence-electron chi connectivity index (χ2n) is 6.85. The van der Waals surface area contributed by atoms with E-state index >= 15 is 0 Å². The zero-order valence-corrected chi connectivity index (χ0v) is 17.7. The number of rotatable bonds is 11. The first-order valence-corrected chi connectivity index (χ1v) is 11.3. The molecule has 2 aromatic carbocycles. The van der Waals surface area contributed by atoms with Crippen molar-refractivity contribution in [3.63, 3.8) is 0 Å². The molecule has 0 saturated heterocycles. The minimum atomic E-state index is -3.96. The monoisotopic (exact) mass is 416 g/mol. The van der Waals surface area contributed by atoms with E-state index in [0.717, 1.165) is 31.2 Å². The third kappa shape index (κ3) is 7.69. The molecule has 0 atom stereocenters. The van der Waals surface area contributed by atoms with Gasteiger partial charge in [0.05, 0.1) is 6.21 Å². The molecular formula is C22H28N2O4S. The topological polar surface area (TPSA) is 84.8 Å². The van der Waals surface area contributed by atoms with Crippen molar-refractivity contribution < 1.29 is 17.4 Å². The first kappa shape index (κ1) is 22.6. The lowest BCUT2D eigenvalue weighted by Gasteiger charge is -2.09. The van der Waals surface area contributed by atoms with E-state index in [0.29, 0.717) is 12.0 Å². The number of hydrogen-bond acceptors (Lipinski definition) is 5. The molecule has 0 unspecified atom stereocenters. The van der Waals surface area contributed by atoms with Crippen LogP contribution in [0.4, 0.5) is 0 Å². The molecule has 0 bridgehead atoms. The lowest BCUT2D eigenvalue weighted by Crippen LogP contribution is -2.17. The molecule has 7 heteroatoms. The van der Waals surface area contributed by atoms with Crippen LogP contribution < -0.4 is 9.61 Å². The fourth-order valence-corrected chi connectivity index (χ4v) is 3.61. The van der Waals surface area contributed by atoms with Crippen molar-refractivity contribution in [3.8, 4) is 5.75 Å². The van der Waals surface area contributed by atoms with Crippen LogP contribution in [0.2, 0.25) is 0 Å². The Hall–Kier alpha value is -2.67. The number of nitrogens with zero attached hydrogens (tertiary/aromatic N) is 1. The van der Waals surface area contributed by atoms with Crippen molar-refractivity contribution in [2.45, 2.75) is 57.3 Å². The van der Waals surface area contributed by atoms with Crippen LogP contribution in [0.5, 0.6) is 5.75 Å². The van der Waals surface area contributed by atoms with Crippen LogP contribution in [-0.2, 0) is 14.9 Å². The van der Waals surface area contributed by atoms with Crippen molar-refractivity contribution in [2.24, 2.45) is 5.10 Å². The lowest BCUT2D eigenvalue weighted by atomic mass is 10.1. The van der Waals surface area contributed by atoms with Gasteiger partial charge < -0.3 is 4.18 Å². The summed E-state index contributed by atoms with van der Waals surface area (Å²) in [5, 5.41) is 3.93. The highest BCUT2D eigenvalue weighted by atomic mass is 32.2. The highest BCUT2D eigenvalue weighted by Gasteiger charge is 2.17. The maximum absolute atomic E-state index is 12.5. The van der Waals surface area contributed by atoms with Crippen molar-refractivity contribution in [1.29, 1.82) is 0 Å². The maximum atomic E-state index is 12.5. The number of nitrogens with one attached hydrogen (secondary N) is 1. The van der Waals surface area contributed by atoms with E-state index in [1.807, 2.05) is 6.92 Å². The summed E-state index contributed by atoms with van der Waals surface area (Å²) < 4.78 is 30.3. The summed E-state index contributed by atoms with van der Waals surface area (Å²) in [5.41, 5.74) is 3.88. The van der Waals surface area contributed by atoms with Crippen LogP contribution in [-0.4, -0.2) is 20.5 Å². The molecule has 0 aliphatic heterocycles. The minimum Gasteiger partial charge on any atom is -0.378 e. The van der Waals surface area contributed by atoms with Crippen molar-refractivity contribution in [1.82, 2.24) is 5.43 Å². The number of unbranched alkanes of at least 4 members (excludes halogenated alkanes) is 4. The Morgan fingerprint density at radius 2 is 1.72 bits per heavy atom. The number of para-hydroxylation sites is 1. The number of hydrogen-bond donors (Lipinski definition) is 1. The molecule has 0 spiro atoms. The van der Waals surface area contributed by atoms with E-state index in [1.165, 1.54) is 24.8 Å². The third-order valence-electron chi connectivity index (χ3n) is 4.33. The first-order chi connectivity index (χ1) is 13.9. The zero-order valence-electron chi connectivity index (χ0n) is 16.9. The quantitative estimate of drug-likeness (QED) is 0.252. The van der Waals surface area contributed by atoms with Crippen LogP contribution in [0.15, 0.2) is 58.5 Å². The molecule has 2 aromatic rings. The fourth-order valence-electron chi connectivity index (χ4n) is 2.65. The summed E-state index contributed by atoms with van der Waals surface area (Å²) in [6.45, 7) is 4.03. The van der Waals surface area contributed by atoms with Crippen LogP contribution in [0, 0.1) is 6.92 Å². The van der Waals surface area contributed by atoms with Gasteiger partial charge in [0.1, 0.15) is 4.90 Å². The Morgan fingerprint density at radius 3 is 2.45 bits per heavy atom. The van der Waals surface area contributed by atoms with Gasteiger partial charge in [0.25, 0.3) is 0 Å². The number of carbonyl (C=O) groups is 1. The Morgan fingerprint density at radius 1 is 1.03 bits per heavy atom. The van der Waals surface area contributed by atoms with Crippen molar-refractivity contribution >= 4 is 22.2 Å². The Bertz CT molecular complexity index is 922. The van der Waals surface area contributed by atoms with Crippen LogP contribution in [0.3, 0.4) is 0 Å². The molecule has 0 aliphatic rings. The van der Waals surface area contributed by atoms with E-state index in [9.17, 15) is 13.2 Å². The normalized spacial score (nSPS) is 11.5. The summed E-state index contributed by atoms with van der Waals surface area (Å²) in [6, 6.07) is 13.0. The van der Waals surface area contributed by atoms with E-state index in [-0.39, 0.29) is 16.6 Å². The minimum absolute atomic E-state index is 0.0752. The SMILES string of the molecule is CCCCCCCC(=O)N/N=C\c1ccccc1OS(=O)(=O)c1ccc(C)cc1. The summed E-state index contributed by atoms with van der Waals surface area (Å²) in [5.74, 6) is -0.0194. The van der Waals surface area contributed by atoms with Gasteiger partial charge in [-0.25, -0.2) is 5.43 Å². The van der Waals surface area contributed by atoms with Crippen molar-refractivity contribution in [3.05, 3.63) is 59.7 Å². The molecule has 0 aromatic heterocycles. The Kier molecular flexibility index (Phi) is 8.86. The zero-order chi connectivity index (χ0) is 21.1. The van der Waals surface area contributed by atoms with E-state index in [1.54, 1.807) is 36.4 Å². The number of carbonyl (C=O) groups excluding carboxylic acids is 1. The number of aryl methyl sites for hydroxylation is 1. The Labute approximate surface area is 173 Å². The van der Waals surface area contributed by atoms with Crippen LogP contribution in [0.25, 0.3) is 0 Å². The summed E-state index contributed by atoms with van der Waals surface area (Å²) in [4.78, 5) is 11.9. The van der Waals surface area contributed by atoms with Gasteiger partial charge >= 0.3 is 10.1 Å². The highest BCUT2D eigenvalue weighted by Crippen LogP contribution is 2.22. The summed E-state index contributed by atoms with van der Waals surface area (Å²) in [7, 11) is -3.96. The largest absolute Gasteiger partial charge is 0.378 e.